The lowest BCUT2D eigenvalue weighted by atomic mass is 10.2. The third-order valence-corrected chi connectivity index (χ3v) is 7.67. The van der Waals surface area contributed by atoms with Crippen LogP contribution in [0.15, 0.2) is 0 Å². The summed E-state index contributed by atoms with van der Waals surface area (Å²) in [6.45, 7) is 12.9. The van der Waals surface area contributed by atoms with Gasteiger partial charge in [0.15, 0.2) is 8.32 Å². The Bertz CT molecular complexity index is 218. The lowest BCUT2D eigenvalue weighted by Gasteiger charge is -2.38. The largest absolute Gasteiger partial charge is 0.481 e. The molecule has 15 heavy (non-hydrogen) atoms. The summed E-state index contributed by atoms with van der Waals surface area (Å²) in [6, 6.07) is 0. The summed E-state index contributed by atoms with van der Waals surface area (Å²) in [7, 11) is -1.73. The van der Waals surface area contributed by atoms with Crippen LogP contribution in [0.3, 0.4) is 0 Å². The van der Waals surface area contributed by atoms with Crippen LogP contribution in [0.5, 0.6) is 0 Å². The maximum absolute atomic E-state index is 10.4. The van der Waals surface area contributed by atoms with Crippen molar-refractivity contribution in [1.29, 1.82) is 0 Å². The summed E-state index contributed by atoms with van der Waals surface area (Å²) in [5.41, 5.74) is 0. The maximum atomic E-state index is 10.4. The summed E-state index contributed by atoms with van der Waals surface area (Å²) in [5, 5.41) is 8.76. The van der Waals surface area contributed by atoms with Crippen molar-refractivity contribution in [3.63, 3.8) is 0 Å². The van der Waals surface area contributed by atoms with E-state index in [1.807, 2.05) is 6.92 Å². The molecule has 0 aromatic rings. The predicted octanol–water partition coefficient (Wildman–Crippen LogP) is 3.26. The number of carboxylic acid groups (broad SMARTS) is 1. The minimum absolute atomic E-state index is 0.0435. The molecule has 0 rings (SSSR count). The average Bonchev–Trinajstić information content (AvgIpc) is 1.97. The molecule has 4 heteroatoms. The zero-order valence-electron chi connectivity index (χ0n) is 10.8. The van der Waals surface area contributed by atoms with E-state index in [4.69, 9.17) is 9.53 Å². The summed E-state index contributed by atoms with van der Waals surface area (Å²) < 4.78 is 6.03. The Hall–Kier alpha value is -0.353. The standard InChI is InChI=1S/C11H24O3Si/c1-9(7-8-10(12)13)14-15(5,6)11(2,3)4/h9H,7-8H2,1-6H3,(H,12,13)/t9-/m0/s1. The minimum atomic E-state index is -1.73. The van der Waals surface area contributed by atoms with E-state index in [-0.39, 0.29) is 17.6 Å². The Balaban J connectivity index is 4.16. The maximum Gasteiger partial charge on any atom is 0.303 e. The SMILES string of the molecule is C[C@@H](CCC(=O)O)O[Si](C)(C)C(C)(C)C. The number of hydrogen-bond acceptors (Lipinski definition) is 2. The fraction of sp³-hybridized carbons (Fsp3) is 0.909. The van der Waals surface area contributed by atoms with Crippen LogP contribution in [0, 0.1) is 0 Å². The highest BCUT2D eigenvalue weighted by Gasteiger charge is 2.38. The summed E-state index contributed by atoms with van der Waals surface area (Å²) in [5.74, 6) is -0.749. The van der Waals surface area contributed by atoms with Crippen molar-refractivity contribution in [3.05, 3.63) is 0 Å². The number of carboxylic acids is 1. The highest BCUT2D eigenvalue weighted by Crippen LogP contribution is 2.37. The first-order valence-corrected chi connectivity index (χ1v) is 8.36. The van der Waals surface area contributed by atoms with Crippen LogP contribution in [0.4, 0.5) is 0 Å². The molecule has 3 nitrogen and oxygen atoms in total. The van der Waals surface area contributed by atoms with Crippen molar-refractivity contribution in [2.75, 3.05) is 0 Å². The monoisotopic (exact) mass is 232 g/mol. The lowest BCUT2D eigenvalue weighted by molar-refractivity contribution is -0.137. The van der Waals surface area contributed by atoms with E-state index in [0.29, 0.717) is 6.42 Å². The molecule has 0 unspecified atom stereocenters. The number of aliphatic carboxylic acids is 1. The van der Waals surface area contributed by atoms with Gasteiger partial charge in [-0.3, -0.25) is 4.79 Å². The van der Waals surface area contributed by atoms with Gasteiger partial charge < -0.3 is 9.53 Å². The van der Waals surface area contributed by atoms with E-state index >= 15 is 0 Å². The second-order valence-corrected chi connectivity index (χ2v) is 10.4. The van der Waals surface area contributed by atoms with Gasteiger partial charge in [0.1, 0.15) is 0 Å². The molecule has 0 aliphatic rings. The van der Waals surface area contributed by atoms with Gasteiger partial charge in [-0.25, -0.2) is 0 Å². The number of carbonyl (C=O) groups is 1. The van der Waals surface area contributed by atoms with Crippen LogP contribution in [0.2, 0.25) is 18.1 Å². The Morgan fingerprint density at radius 2 is 1.87 bits per heavy atom. The van der Waals surface area contributed by atoms with E-state index in [1.165, 1.54) is 0 Å². The molecule has 0 aromatic heterocycles. The quantitative estimate of drug-likeness (QED) is 0.740. The van der Waals surface area contributed by atoms with Crippen molar-refractivity contribution < 1.29 is 14.3 Å². The molecule has 1 N–H and O–H groups in total. The van der Waals surface area contributed by atoms with Gasteiger partial charge in [-0.15, -0.1) is 0 Å². The van der Waals surface area contributed by atoms with Gasteiger partial charge in [0.05, 0.1) is 0 Å². The number of hydrogen-bond donors (Lipinski definition) is 1. The van der Waals surface area contributed by atoms with Crippen molar-refractivity contribution in [1.82, 2.24) is 0 Å². The molecule has 0 radical (unpaired) electrons. The summed E-state index contributed by atoms with van der Waals surface area (Å²) in [4.78, 5) is 10.4. The molecule has 0 fully saturated rings. The van der Waals surface area contributed by atoms with Crippen molar-refractivity contribution in [2.45, 2.75) is 64.8 Å². The predicted molar refractivity (Wildman–Crippen MR) is 64.6 cm³/mol. The van der Waals surface area contributed by atoms with E-state index in [9.17, 15) is 4.79 Å². The van der Waals surface area contributed by atoms with Gasteiger partial charge in [-0.2, -0.15) is 0 Å². The van der Waals surface area contributed by atoms with Gasteiger partial charge in [0.25, 0.3) is 0 Å². The molecule has 90 valence electrons. The molecule has 0 aromatic carbocycles. The molecule has 0 amide bonds. The normalized spacial score (nSPS) is 15.1. The Morgan fingerprint density at radius 1 is 1.40 bits per heavy atom. The van der Waals surface area contributed by atoms with Crippen LogP contribution in [-0.2, 0) is 9.22 Å². The van der Waals surface area contributed by atoms with Crippen LogP contribution in [0.25, 0.3) is 0 Å². The van der Waals surface area contributed by atoms with Crippen LogP contribution in [-0.4, -0.2) is 25.5 Å². The highest BCUT2D eigenvalue weighted by molar-refractivity contribution is 6.74. The fourth-order valence-electron chi connectivity index (χ4n) is 1.07. The van der Waals surface area contributed by atoms with Crippen molar-refractivity contribution in [2.24, 2.45) is 0 Å². The first-order valence-electron chi connectivity index (χ1n) is 5.46. The van der Waals surface area contributed by atoms with Gasteiger partial charge in [-0.05, 0) is 31.5 Å². The summed E-state index contributed by atoms with van der Waals surface area (Å²) in [6.07, 6.45) is 0.833. The van der Waals surface area contributed by atoms with Crippen LogP contribution >= 0.6 is 0 Å². The van der Waals surface area contributed by atoms with E-state index in [2.05, 4.69) is 33.9 Å². The third-order valence-electron chi connectivity index (χ3n) is 3.07. The highest BCUT2D eigenvalue weighted by atomic mass is 28.4. The second kappa shape index (κ2) is 5.12. The molecule has 0 aliphatic heterocycles. The number of rotatable bonds is 5. The molecule has 1 atom stereocenters. The molecule has 0 aliphatic carbocycles. The van der Waals surface area contributed by atoms with Crippen molar-refractivity contribution >= 4 is 14.3 Å². The molecule has 0 spiro atoms. The molecule has 0 saturated carbocycles. The Labute approximate surface area is 94.0 Å². The third kappa shape index (κ3) is 5.32. The first-order chi connectivity index (χ1) is 6.56. The van der Waals surface area contributed by atoms with Gasteiger partial charge in [0, 0.05) is 12.5 Å². The zero-order valence-corrected chi connectivity index (χ0v) is 11.8. The van der Waals surface area contributed by atoms with Gasteiger partial charge >= 0.3 is 5.97 Å². The van der Waals surface area contributed by atoms with Crippen LogP contribution < -0.4 is 0 Å². The minimum Gasteiger partial charge on any atom is -0.481 e. The van der Waals surface area contributed by atoms with E-state index < -0.39 is 14.3 Å². The second-order valence-electron chi connectivity index (χ2n) is 5.62. The van der Waals surface area contributed by atoms with E-state index in [1.54, 1.807) is 0 Å². The summed E-state index contributed by atoms with van der Waals surface area (Å²) >= 11 is 0. The van der Waals surface area contributed by atoms with Crippen LogP contribution in [0.1, 0.15) is 40.5 Å². The van der Waals surface area contributed by atoms with Gasteiger partial charge in [-0.1, -0.05) is 20.8 Å². The fourth-order valence-corrected chi connectivity index (χ4v) is 2.54. The van der Waals surface area contributed by atoms with E-state index in [0.717, 1.165) is 0 Å². The molecular weight excluding hydrogens is 208 g/mol. The zero-order chi connectivity index (χ0) is 12.3. The Kier molecular flexibility index (Phi) is 5.00. The Morgan fingerprint density at radius 3 is 2.20 bits per heavy atom. The smallest absolute Gasteiger partial charge is 0.303 e. The topological polar surface area (TPSA) is 46.5 Å². The van der Waals surface area contributed by atoms with Crippen molar-refractivity contribution in [3.8, 4) is 0 Å². The first kappa shape index (κ1) is 14.6. The molecule has 0 saturated heterocycles. The molecule has 0 heterocycles. The lowest BCUT2D eigenvalue weighted by Crippen LogP contribution is -2.43. The molecular formula is C11H24O3Si. The molecule has 0 bridgehead atoms. The average molecular weight is 232 g/mol. The van der Waals surface area contributed by atoms with Gasteiger partial charge in [0.2, 0.25) is 0 Å².